The van der Waals surface area contributed by atoms with Crippen molar-refractivity contribution in [2.45, 2.75) is 20.0 Å². The van der Waals surface area contributed by atoms with E-state index >= 15 is 0 Å². The molecule has 22 heavy (non-hydrogen) atoms. The summed E-state index contributed by atoms with van der Waals surface area (Å²) >= 11 is 11.9. The maximum absolute atomic E-state index is 9.92. The van der Waals surface area contributed by atoms with Crippen molar-refractivity contribution in [1.82, 2.24) is 0 Å². The molecule has 2 aromatic rings. The first-order valence-corrected chi connectivity index (χ1v) is 7.67. The van der Waals surface area contributed by atoms with E-state index in [9.17, 15) is 5.11 Å². The molecule has 0 aliphatic carbocycles. The van der Waals surface area contributed by atoms with Gasteiger partial charge in [-0.05, 0) is 61.4 Å². The molecule has 118 valence electrons. The number of benzene rings is 2. The van der Waals surface area contributed by atoms with E-state index < -0.39 is 6.10 Å². The van der Waals surface area contributed by atoms with Gasteiger partial charge >= 0.3 is 0 Å². The number of aliphatic hydroxyl groups is 1. The first-order chi connectivity index (χ1) is 10.5. The third-order valence-corrected chi connectivity index (χ3v) is 3.99. The summed E-state index contributed by atoms with van der Waals surface area (Å²) in [5.74, 6) is 1.34. The Balaban J connectivity index is 1.81. The summed E-state index contributed by atoms with van der Waals surface area (Å²) in [5, 5.41) is 11.3. The van der Waals surface area contributed by atoms with Crippen LogP contribution in [0.1, 0.15) is 11.1 Å². The van der Waals surface area contributed by atoms with E-state index in [4.69, 9.17) is 32.7 Å². The summed E-state index contributed by atoms with van der Waals surface area (Å²) in [5.41, 5.74) is 1.86. The summed E-state index contributed by atoms with van der Waals surface area (Å²) < 4.78 is 11.1. The van der Waals surface area contributed by atoms with Gasteiger partial charge in [-0.1, -0.05) is 23.2 Å². The number of aliphatic hydroxyl groups excluding tert-OH is 1. The van der Waals surface area contributed by atoms with Crippen LogP contribution in [0.4, 0.5) is 0 Å². The fourth-order valence-corrected chi connectivity index (χ4v) is 2.08. The lowest BCUT2D eigenvalue weighted by molar-refractivity contribution is 0.0626. The summed E-state index contributed by atoms with van der Waals surface area (Å²) in [6.07, 6.45) is -0.730. The highest BCUT2D eigenvalue weighted by molar-refractivity contribution is 6.31. The molecule has 0 atom stereocenters. The highest BCUT2D eigenvalue weighted by Gasteiger charge is 2.08. The van der Waals surface area contributed by atoms with Crippen LogP contribution in [-0.4, -0.2) is 24.4 Å². The van der Waals surface area contributed by atoms with Gasteiger partial charge in [0, 0.05) is 10.0 Å². The molecule has 1 N–H and O–H groups in total. The van der Waals surface area contributed by atoms with Crippen molar-refractivity contribution in [2.75, 3.05) is 13.2 Å². The van der Waals surface area contributed by atoms with Crippen molar-refractivity contribution in [3.63, 3.8) is 0 Å². The summed E-state index contributed by atoms with van der Waals surface area (Å²) in [7, 11) is 0. The Hall–Kier alpha value is -1.42. The van der Waals surface area contributed by atoms with Gasteiger partial charge in [-0.15, -0.1) is 0 Å². The molecule has 0 aliphatic heterocycles. The van der Waals surface area contributed by atoms with Crippen molar-refractivity contribution in [3.8, 4) is 11.5 Å². The number of ether oxygens (including phenoxy) is 2. The maximum atomic E-state index is 9.92. The second-order valence-corrected chi connectivity index (χ2v) is 5.91. The van der Waals surface area contributed by atoms with Gasteiger partial charge in [0.25, 0.3) is 0 Å². The van der Waals surface area contributed by atoms with Crippen LogP contribution in [-0.2, 0) is 0 Å². The molecule has 0 aromatic heterocycles. The van der Waals surface area contributed by atoms with Crippen molar-refractivity contribution >= 4 is 23.2 Å². The molecule has 0 bridgehead atoms. The Bertz CT molecular complexity index is 588. The van der Waals surface area contributed by atoms with Crippen molar-refractivity contribution in [1.29, 1.82) is 0 Å². The standard InChI is InChI=1S/C17H18Cl2O3/c1-11-7-14(3-5-16(11)18)21-9-13(20)10-22-15-4-6-17(19)12(2)8-15/h3-8,13,20H,9-10H2,1-2H3. The van der Waals surface area contributed by atoms with Gasteiger partial charge in [0.1, 0.15) is 30.8 Å². The molecule has 0 heterocycles. The molecule has 0 aliphatic rings. The number of aryl methyl sites for hydroxylation is 2. The molecule has 0 spiro atoms. The smallest absolute Gasteiger partial charge is 0.122 e. The molecular weight excluding hydrogens is 323 g/mol. The van der Waals surface area contributed by atoms with Gasteiger partial charge in [0.05, 0.1) is 0 Å². The third-order valence-electron chi connectivity index (χ3n) is 3.14. The SMILES string of the molecule is Cc1cc(OCC(O)COc2ccc(Cl)c(C)c2)ccc1Cl. The van der Waals surface area contributed by atoms with Gasteiger partial charge in [0.15, 0.2) is 0 Å². The normalized spacial score (nSPS) is 10.8. The molecule has 2 rings (SSSR count). The molecule has 0 saturated heterocycles. The van der Waals surface area contributed by atoms with Crippen molar-refractivity contribution < 1.29 is 14.6 Å². The van der Waals surface area contributed by atoms with E-state index in [0.29, 0.717) is 21.5 Å². The molecule has 0 saturated carbocycles. The van der Waals surface area contributed by atoms with Crippen LogP contribution in [0.2, 0.25) is 10.0 Å². The van der Waals surface area contributed by atoms with E-state index in [1.807, 2.05) is 26.0 Å². The van der Waals surface area contributed by atoms with Gasteiger partial charge in [-0.25, -0.2) is 0 Å². The van der Waals surface area contributed by atoms with E-state index in [-0.39, 0.29) is 13.2 Å². The lowest BCUT2D eigenvalue weighted by Crippen LogP contribution is -2.25. The number of rotatable bonds is 6. The first-order valence-electron chi connectivity index (χ1n) is 6.91. The van der Waals surface area contributed by atoms with Gasteiger partial charge in [-0.3, -0.25) is 0 Å². The number of hydrogen-bond acceptors (Lipinski definition) is 3. The molecule has 0 amide bonds. The van der Waals surface area contributed by atoms with E-state index in [1.54, 1.807) is 24.3 Å². The Kier molecular flexibility index (Phi) is 5.95. The van der Waals surface area contributed by atoms with Crippen molar-refractivity contribution in [3.05, 3.63) is 57.6 Å². The van der Waals surface area contributed by atoms with E-state index in [0.717, 1.165) is 11.1 Å². The van der Waals surface area contributed by atoms with Crippen LogP contribution in [0, 0.1) is 13.8 Å². The minimum atomic E-state index is -0.730. The van der Waals surface area contributed by atoms with Crippen LogP contribution < -0.4 is 9.47 Å². The second kappa shape index (κ2) is 7.73. The highest BCUT2D eigenvalue weighted by atomic mass is 35.5. The third kappa shape index (κ3) is 4.80. The quantitative estimate of drug-likeness (QED) is 0.845. The maximum Gasteiger partial charge on any atom is 0.122 e. The fourth-order valence-electron chi connectivity index (χ4n) is 1.85. The zero-order valence-electron chi connectivity index (χ0n) is 12.5. The highest BCUT2D eigenvalue weighted by Crippen LogP contribution is 2.22. The van der Waals surface area contributed by atoms with Gasteiger partial charge in [-0.2, -0.15) is 0 Å². The van der Waals surface area contributed by atoms with Crippen molar-refractivity contribution in [2.24, 2.45) is 0 Å². The zero-order chi connectivity index (χ0) is 16.1. The molecule has 5 heteroatoms. The zero-order valence-corrected chi connectivity index (χ0v) is 14.0. The van der Waals surface area contributed by atoms with Crippen LogP contribution in [0.5, 0.6) is 11.5 Å². The first kappa shape index (κ1) is 16.9. The topological polar surface area (TPSA) is 38.7 Å². The monoisotopic (exact) mass is 340 g/mol. The molecule has 2 aromatic carbocycles. The lowest BCUT2D eigenvalue weighted by atomic mass is 10.2. The largest absolute Gasteiger partial charge is 0.491 e. The molecule has 0 unspecified atom stereocenters. The summed E-state index contributed by atoms with van der Waals surface area (Å²) in [4.78, 5) is 0. The second-order valence-electron chi connectivity index (χ2n) is 5.10. The van der Waals surface area contributed by atoms with E-state index in [2.05, 4.69) is 0 Å². The average Bonchev–Trinajstić information content (AvgIpc) is 2.49. The van der Waals surface area contributed by atoms with Gasteiger partial charge in [0.2, 0.25) is 0 Å². The van der Waals surface area contributed by atoms with Crippen LogP contribution >= 0.6 is 23.2 Å². The fraction of sp³-hybridized carbons (Fsp3) is 0.294. The average molecular weight is 341 g/mol. The lowest BCUT2D eigenvalue weighted by Gasteiger charge is -2.14. The minimum absolute atomic E-state index is 0.146. The number of hydrogen-bond donors (Lipinski definition) is 1. The minimum Gasteiger partial charge on any atom is -0.491 e. The van der Waals surface area contributed by atoms with E-state index in [1.165, 1.54) is 0 Å². The Labute approximate surface area is 140 Å². The molecular formula is C17H18Cl2O3. The Morgan fingerprint density at radius 1 is 0.864 bits per heavy atom. The molecule has 3 nitrogen and oxygen atoms in total. The molecule has 0 radical (unpaired) electrons. The molecule has 0 fully saturated rings. The van der Waals surface area contributed by atoms with Gasteiger partial charge < -0.3 is 14.6 Å². The Morgan fingerprint density at radius 2 is 1.27 bits per heavy atom. The Morgan fingerprint density at radius 3 is 1.64 bits per heavy atom. The summed E-state index contributed by atoms with van der Waals surface area (Å²) in [6, 6.07) is 10.7. The number of halogens is 2. The predicted molar refractivity (Wildman–Crippen MR) is 89.4 cm³/mol. The van der Waals surface area contributed by atoms with Crippen LogP contribution in [0.25, 0.3) is 0 Å². The summed E-state index contributed by atoms with van der Waals surface area (Å²) in [6.45, 7) is 4.09. The predicted octanol–water partition coefficient (Wildman–Crippen LogP) is 4.43. The van der Waals surface area contributed by atoms with Crippen LogP contribution in [0.15, 0.2) is 36.4 Å². The van der Waals surface area contributed by atoms with Crippen LogP contribution in [0.3, 0.4) is 0 Å².